The molecule has 4 aromatic carbocycles. The number of H-pyrrole nitrogens is 1. The molecule has 0 bridgehead atoms. The predicted octanol–water partition coefficient (Wildman–Crippen LogP) is 6.08. The zero-order valence-electron chi connectivity index (χ0n) is 18.6. The van der Waals surface area contributed by atoms with Crippen molar-refractivity contribution in [1.82, 2.24) is 25.5 Å². The molecule has 0 radical (unpaired) electrons. The van der Waals surface area contributed by atoms with E-state index in [1.165, 1.54) is 0 Å². The molecule has 1 atom stereocenters. The Bertz CT molecular complexity index is 1880. The van der Waals surface area contributed by atoms with Crippen LogP contribution in [0, 0.1) is 0 Å². The van der Waals surface area contributed by atoms with Crippen LogP contribution in [-0.4, -0.2) is 25.5 Å². The number of hydrogen-bond acceptors (Lipinski definition) is 8. The SMILES string of the molecule is c1ccc2c(c1)NC(c1c(-c3cccc4nonc34)ccc3[nH]nc(-c4nc5ccccc5o4)c13)O2. The number of para-hydroxylation sites is 4. The average Bonchev–Trinajstić information content (AvgIpc) is 3.71. The minimum Gasteiger partial charge on any atom is -0.464 e. The summed E-state index contributed by atoms with van der Waals surface area (Å²) in [6, 6.07) is 25.4. The van der Waals surface area contributed by atoms with Gasteiger partial charge in [0.05, 0.1) is 11.2 Å². The molecule has 36 heavy (non-hydrogen) atoms. The molecular formula is C27H16N6O3. The van der Waals surface area contributed by atoms with Crippen LogP contribution in [0.3, 0.4) is 0 Å². The van der Waals surface area contributed by atoms with E-state index in [2.05, 4.69) is 25.8 Å². The number of nitrogens with zero attached hydrogens (tertiary/aromatic N) is 4. The van der Waals surface area contributed by atoms with Crippen LogP contribution in [0.1, 0.15) is 11.8 Å². The van der Waals surface area contributed by atoms with Gasteiger partial charge < -0.3 is 14.5 Å². The van der Waals surface area contributed by atoms with E-state index in [1.807, 2.05) is 78.9 Å². The van der Waals surface area contributed by atoms with Crippen LogP contribution in [0.2, 0.25) is 0 Å². The molecule has 3 aromatic heterocycles. The summed E-state index contributed by atoms with van der Waals surface area (Å²) in [7, 11) is 0. The molecule has 1 aliphatic rings. The topological polar surface area (TPSA) is 115 Å². The molecule has 0 aliphatic carbocycles. The van der Waals surface area contributed by atoms with Crippen molar-refractivity contribution in [3.05, 3.63) is 84.4 Å². The molecule has 0 amide bonds. The molecule has 0 saturated heterocycles. The predicted molar refractivity (Wildman–Crippen MR) is 133 cm³/mol. The first-order valence-electron chi connectivity index (χ1n) is 11.4. The molecule has 7 aromatic rings. The third-order valence-electron chi connectivity index (χ3n) is 6.52. The molecule has 0 fully saturated rings. The summed E-state index contributed by atoms with van der Waals surface area (Å²) < 4.78 is 17.6. The Kier molecular flexibility index (Phi) is 3.81. The first-order valence-corrected chi connectivity index (χ1v) is 11.4. The highest BCUT2D eigenvalue weighted by molar-refractivity contribution is 6.02. The monoisotopic (exact) mass is 472 g/mol. The van der Waals surface area contributed by atoms with E-state index in [-0.39, 0.29) is 0 Å². The Morgan fingerprint density at radius 3 is 2.61 bits per heavy atom. The standard InChI is InChI=1S/C27H16N6O3/c1-3-10-20-16(7-1)28-26(34-20)22-14(15-6-5-9-19-24(15)33-36-32-19)12-13-18-23(22)25(31-30-18)27-29-17-8-2-4-11-21(17)35-27/h1-13,26,28H,(H,30,31). The van der Waals surface area contributed by atoms with Gasteiger partial charge in [0.2, 0.25) is 5.89 Å². The maximum absolute atomic E-state index is 6.41. The van der Waals surface area contributed by atoms with Gasteiger partial charge in [-0.15, -0.1) is 0 Å². The second kappa shape index (κ2) is 7.16. The Hall–Kier alpha value is -5.18. The van der Waals surface area contributed by atoms with Gasteiger partial charge in [0.15, 0.2) is 17.5 Å². The molecule has 1 aliphatic heterocycles. The molecule has 9 heteroatoms. The van der Waals surface area contributed by atoms with Crippen molar-refractivity contribution in [2.24, 2.45) is 0 Å². The quantitative estimate of drug-likeness (QED) is 0.318. The number of anilines is 1. The number of fused-ring (bicyclic) bond motifs is 4. The Labute approximate surface area is 202 Å². The molecule has 0 spiro atoms. The maximum Gasteiger partial charge on any atom is 0.248 e. The molecule has 172 valence electrons. The van der Waals surface area contributed by atoms with E-state index >= 15 is 0 Å². The lowest BCUT2D eigenvalue weighted by Crippen LogP contribution is -2.12. The van der Waals surface area contributed by atoms with E-state index in [0.29, 0.717) is 28.2 Å². The lowest BCUT2D eigenvalue weighted by molar-refractivity contribution is 0.262. The summed E-state index contributed by atoms with van der Waals surface area (Å²) in [5, 5.41) is 20.3. The second-order valence-corrected chi connectivity index (χ2v) is 8.58. The second-order valence-electron chi connectivity index (χ2n) is 8.58. The van der Waals surface area contributed by atoms with Crippen LogP contribution in [0.25, 0.3) is 55.7 Å². The van der Waals surface area contributed by atoms with Gasteiger partial charge in [-0.3, -0.25) is 5.10 Å². The van der Waals surface area contributed by atoms with Crippen LogP contribution >= 0.6 is 0 Å². The third kappa shape index (κ3) is 2.70. The first kappa shape index (κ1) is 19.2. The van der Waals surface area contributed by atoms with Crippen molar-refractivity contribution in [3.8, 4) is 28.5 Å². The summed E-state index contributed by atoms with van der Waals surface area (Å²) in [5.74, 6) is 1.20. The normalized spacial score (nSPS) is 14.8. The Balaban J connectivity index is 1.43. The van der Waals surface area contributed by atoms with Crippen LogP contribution in [0.5, 0.6) is 5.75 Å². The van der Waals surface area contributed by atoms with Crippen molar-refractivity contribution < 1.29 is 13.8 Å². The number of rotatable bonds is 3. The van der Waals surface area contributed by atoms with E-state index in [4.69, 9.17) is 18.8 Å². The molecule has 9 nitrogen and oxygen atoms in total. The number of aromatic nitrogens is 5. The van der Waals surface area contributed by atoms with Gasteiger partial charge in [-0.25, -0.2) is 9.61 Å². The molecule has 8 rings (SSSR count). The van der Waals surface area contributed by atoms with Gasteiger partial charge in [-0.1, -0.05) is 42.5 Å². The van der Waals surface area contributed by atoms with Crippen LogP contribution in [-0.2, 0) is 0 Å². The fourth-order valence-corrected chi connectivity index (χ4v) is 4.92. The van der Waals surface area contributed by atoms with Gasteiger partial charge in [0.1, 0.15) is 22.3 Å². The van der Waals surface area contributed by atoms with E-state index < -0.39 is 6.23 Å². The maximum atomic E-state index is 6.41. The zero-order chi connectivity index (χ0) is 23.6. The number of aromatic amines is 1. The summed E-state index contributed by atoms with van der Waals surface area (Å²) in [6.07, 6.45) is -0.489. The van der Waals surface area contributed by atoms with Crippen molar-refractivity contribution >= 4 is 38.7 Å². The lowest BCUT2D eigenvalue weighted by atomic mass is 9.93. The Morgan fingerprint density at radius 2 is 1.67 bits per heavy atom. The number of hydrogen-bond donors (Lipinski definition) is 2. The minimum atomic E-state index is -0.489. The molecule has 2 N–H and O–H groups in total. The fraction of sp³-hybridized carbons (Fsp3) is 0.0370. The van der Waals surface area contributed by atoms with E-state index in [9.17, 15) is 0 Å². The zero-order valence-corrected chi connectivity index (χ0v) is 18.6. The molecule has 4 heterocycles. The van der Waals surface area contributed by atoms with Crippen LogP contribution in [0.15, 0.2) is 87.9 Å². The number of nitrogens with one attached hydrogen (secondary N) is 2. The number of benzene rings is 4. The summed E-state index contributed by atoms with van der Waals surface area (Å²) >= 11 is 0. The van der Waals surface area contributed by atoms with Crippen LogP contribution in [0.4, 0.5) is 5.69 Å². The van der Waals surface area contributed by atoms with Gasteiger partial charge in [-0.05, 0) is 52.3 Å². The van der Waals surface area contributed by atoms with Gasteiger partial charge >= 0.3 is 0 Å². The molecule has 0 saturated carbocycles. The molecule has 1 unspecified atom stereocenters. The largest absolute Gasteiger partial charge is 0.464 e. The summed E-state index contributed by atoms with van der Waals surface area (Å²) in [5.41, 5.74) is 7.81. The highest BCUT2D eigenvalue weighted by Gasteiger charge is 2.31. The number of oxazole rings is 1. The number of ether oxygens (including phenoxy) is 1. The summed E-state index contributed by atoms with van der Waals surface area (Å²) in [4.78, 5) is 4.71. The van der Waals surface area contributed by atoms with Gasteiger partial charge in [0.25, 0.3) is 0 Å². The van der Waals surface area contributed by atoms with E-state index in [0.717, 1.165) is 44.5 Å². The molecular weight excluding hydrogens is 456 g/mol. The Morgan fingerprint density at radius 1 is 0.778 bits per heavy atom. The highest BCUT2D eigenvalue weighted by atomic mass is 16.6. The summed E-state index contributed by atoms with van der Waals surface area (Å²) in [6.45, 7) is 0. The fourth-order valence-electron chi connectivity index (χ4n) is 4.92. The van der Waals surface area contributed by atoms with Gasteiger partial charge in [-0.2, -0.15) is 5.10 Å². The van der Waals surface area contributed by atoms with Crippen molar-refractivity contribution in [2.75, 3.05) is 5.32 Å². The van der Waals surface area contributed by atoms with Crippen molar-refractivity contribution in [1.29, 1.82) is 0 Å². The van der Waals surface area contributed by atoms with Crippen LogP contribution < -0.4 is 10.1 Å². The first-order chi connectivity index (χ1) is 17.8. The smallest absolute Gasteiger partial charge is 0.248 e. The average molecular weight is 472 g/mol. The lowest BCUT2D eigenvalue weighted by Gasteiger charge is -2.18. The van der Waals surface area contributed by atoms with Gasteiger partial charge in [0, 0.05) is 16.5 Å². The minimum absolute atomic E-state index is 0.428. The van der Waals surface area contributed by atoms with Crippen molar-refractivity contribution in [3.63, 3.8) is 0 Å². The van der Waals surface area contributed by atoms with E-state index in [1.54, 1.807) is 0 Å². The third-order valence-corrected chi connectivity index (χ3v) is 6.52. The highest BCUT2D eigenvalue weighted by Crippen LogP contribution is 2.45. The van der Waals surface area contributed by atoms with Crippen molar-refractivity contribution in [2.45, 2.75) is 6.23 Å².